The SMILES string of the molecule is CCCCCCC(CCCCCC)CC(=O)OC(=O)CC. The van der Waals surface area contributed by atoms with Gasteiger partial charge < -0.3 is 4.74 Å². The minimum Gasteiger partial charge on any atom is -0.393 e. The molecule has 0 aromatic heterocycles. The predicted octanol–water partition coefficient (Wildman–Crippen LogP) is 5.41. The lowest BCUT2D eigenvalue weighted by atomic mass is 9.92. The molecule has 0 amide bonds. The zero-order chi connectivity index (χ0) is 15.9. The van der Waals surface area contributed by atoms with Gasteiger partial charge in [0.15, 0.2) is 0 Å². The fourth-order valence-corrected chi connectivity index (χ4v) is 2.54. The van der Waals surface area contributed by atoms with Gasteiger partial charge in [-0.3, -0.25) is 9.59 Å². The van der Waals surface area contributed by atoms with Gasteiger partial charge in [0.25, 0.3) is 0 Å². The number of ether oxygens (including phenoxy) is 1. The Bertz CT molecular complexity index is 262. The van der Waals surface area contributed by atoms with Crippen molar-refractivity contribution in [2.24, 2.45) is 5.92 Å². The van der Waals surface area contributed by atoms with Crippen LogP contribution in [0.5, 0.6) is 0 Å². The lowest BCUT2D eigenvalue weighted by Crippen LogP contribution is -2.15. The topological polar surface area (TPSA) is 43.4 Å². The maximum atomic E-state index is 11.8. The van der Waals surface area contributed by atoms with Crippen LogP contribution in [-0.4, -0.2) is 11.9 Å². The van der Waals surface area contributed by atoms with Crippen molar-refractivity contribution in [2.75, 3.05) is 0 Å². The molecular weight excluding hydrogens is 264 g/mol. The molecular formula is C18H34O3. The van der Waals surface area contributed by atoms with E-state index in [9.17, 15) is 9.59 Å². The molecule has 0 radical (unpaired) electrons. The van der Waals surface area contributed by atoms with Crippen LogP contribution in [0.4, 0.5) is 0 Å². The van der Waals surface area contributed by atoms with Gasteiger partial charge in [-0.1, -0.05) is 72.1 Å². The number of rotatable bonds is 13. The lowest BCUT2D eigenvalue weighted by Gasteiger charge is -2.15. The average Bonchev–Trinajstić information content (AvgIpc) is 2.47. The first-order valence-electron chi connectivity index (χ1n) is 8.87. The van der Waals surface area contributed by atoms with E-state index in [2.05, 4.69) is 13.8 Å². The summed E-state index contributed by atoms with van der Waals surface area (Å²) in [7, 11) is 0. The summed E-state index contributed by atoms with van der Waals surface area (Å²) in [6, 6.07) is 0. The summed E-state index contributed by atoms with van der Waals surface area (Å²) in [6.07, 6.45) is 12.7. The van der Waals surface area contributed by atoms with Crippen molar-refractivity contribution in [1.82, 2.24) is 0 Å². The van der Waals surface area contributed by atoms with Crippen LogP contribution < -0.4 is 0 Å². The molecule has 3 heteroatoms. The first kappa shape index (κ1) is 20.1. The largest absolute Gasteiger partial charge is 0.393 e. The molecule has 0 aliphatic carbocycles. The van der Waals surface area contributed by atoms with Crippen LogP contribution in [0.3, 0.4) is 0 Å². The molecule has 0 heterocycles. The molecule has 0 atom stereocenters. The van der Waals surface area contributed by atoms with E-state index < -0.39 is 5.97 Å². The van der Waals surface area contributed by atoms with Crippen molar-refractivity contribution >= 4 is 11.9 Å². The zero-order valence-electron chi connectivity index (χ0n) is 14.3. The first-order valence-corrected chi connectivity index (χ1v) is 8.87. The normalized spacial score (nSPS) is 10.9. The smallest absolute Gasteiger partial charge is 0.313 e. The number of hydrogen-bond acceptors (Lipinski definition) is 3. The van der Waals surface area contributed by atoms with Crippen LogP contribution in [0.1, 0.15) is 97.8 Å². The third-order valence-corrected chi connectivity index (χ3v) is 3.90. The minimum atomic E-state index is -0.407. The monoisotopic (exact) mass is 298 g/mol. The van der Waals surface area contributed by atoms with Crippen LogP contribution in [0.25, 0.3) is 0 Å². The summed E-state index contributed by atoms with van der Waals surface area (Å²) in [5.41, 5.74) is 0. The molecule has 0 fully saturated rings. The molecule has 0 saturated carbocycles. The van der Waals surface area contributed by atoms with Crippen LogP contribution in [0, 0.1) is 5.92 Å². The van der Waals surface area contributed by atoms with E-state index in [1.54, 1.807) is 6.92 Å². The highest BCUT2D eigenvalue weighted by atomic mass is 16.6. The molecule has 0 bridgehead atoms. The Morgan fingerprint density at radius 2 is 1.29 bits per heavy atom. The van der Waals surface area contributed by atoms with Gasteiger partial charge in [0, 0.05) is 12.8 Å². The molecule has 124 valence electrons. The Morgan fingerprint density at radius 3 is 1.71 bits per heavy atom. The summed E-state index contributed by atoms with van der Waals surface area (Å²) in [4.78, 5) is 22.9. The average molecular weight is 298 g/mol. The quantitative estimate of drug-likeness (QED) is 0.259. The molecule has 0 rings (SSSR count). The summed E-state index contributed by atoms with van der Waals surface area (Å²) in [5.74, 6) is -0.357. The maximum Gasteiger partial charge on any atom is 0.313 e. The molecule has 3 nitrogen and oxygen atoms in total. The third kappa shape index (κ3) is 12.6. The Balaban J connectivity index is 4.08. The van der Waals surface area contributed by atoms with Gasteiger partial charge in [0.1, 0.15) is 0 Å². The van der Waals surface area contributed by atoms with E-state index in [1.807, 2.05) is 0 Å². The van der Waals surface area contributed by atoms with Crippen molar-refractivity contribution in [2.45, 2.75) is 97.8 Å². The Hall–Kier alpha value is -0.860. The number of carbonyl (C=O) groups is 2. The summed E-state index contributed by atoms with van der Waals surface area (Å²) < 4.78 is 4.81. The number of esters is 2. The maximum absolute atomic E-state index is 11.8. The van der Waals surface area contributed by atoms with Gasteiger partial charge in [0.05, 0.1) is 0 Å². The van der Waals surface area contributed by atoms with Crippen LogP contribution in [0.15, 0.2) is 0 Å². The van der Waals surface area contributed by atoms with Gasteiger partial charge >= 0.3 is 11.9 Å². The molecule has 21 heavy (non-hydrogen) atoms. The highest BCUT2D eigenvalue weighted by Gasteiger charge is 2.16. The van der Waals surface area contributed by atoms with E-state index in [0.717, 1.165) is 12.8 Å². The number of hydrogen-bond donors (Lipinski definition) is 0. The van der Waals surface area contributed by atoms with Crippen LogP contribution in [-0.2, 0) is 14.3 Å². The highest BCUT2D eigenvalue weighted by molar-refractivity contribution is 5.85. The Labute approximate surface area is 130 Å². The van der Waals surface area contributed by atoms with E-state index >= 15 is 0 Å². The second-order valence-corrected chi connectivity index (χ2v) is 5.97. The molecule has 0 unspecified atom stereocenters. The van der Waals surface area contributed by atoms with Gasteiger partial charge in [-0.2, -0.15) is 0 Å². The van der Waals surface area contributed by atoms with Crippen molar-refractivity contribution in [1.29, 1.82) is 0 Å². The number of unbranched alkanes of at least 4 members (excludes halogenated alkanes) is 6. The fraction of sp³-hybridized carbons (Fsp3) is 0.889. The van der Waals surface area contributed by atoms with Gasteiger partial charge in [-0.05, 0) is 18.8 Å². The Morgan fingerprint density at radius 1 is 0.762 bits per heavy atom. The summed E-state index contributed by atoms with van der Waals surface area (Å²) in [5, 5.41) is 0. The van der Waals surface area contributed by atoms with Gasteiger partial charge in [-0.25, -0.2) is 0 Å². The van der Waals surface area contributed by atoms with Crippen molar-refractivity contribution in [3.05, 3.63) is 0 Å². The van der Waals surface area contributed by atoms with E-state index in [-0.39, 0.29) is 12.4 Å². The summed E-state index contributed by atoms with van der Waals surface area (Å²) >= 11 is 0. The van der Waals surface area contributed by atoms with Crippen LogP contribution >= 0.6 is 0 Å². The molecule has 0 aliphatic rings. The molecule has 0 N–H and O–H groups in total. The van der Waals surface area contributed by atoms with Crippen molar-refractivity contribution < 1.29 is 14.3 Å². The van der Waals surface area contributed by atoms with E-state index in [0.29, 0.717) is 12.3 Å². The highest BCUT2D eigenvalue weighted by Crippen LogP contribution is 2.22. The van der Waals surface area contributed by atoms with Gasteiger partial charge in [0.2, 0.25) is 0 Å². The number of carbonyl (C=O) groups excluding carboxylic acids is 2. The first-order chi connectivity index (χ1) is 10.1. The Kier molecular flexibility index (Phi) is 13.5. The second-order valence-electron chi connectivity index (χ2n) is 5.97. The standard InChI is InChI=1S/C18H34O3/c1-4-7-9-11-13-16(14-12-10-8-5-2)15-18(20)21-17(19)6-3/h16H,4-15H2,1-3H3. The summed E-state index contributed by atoms with van der Waals surface area (Å²) in [6.45, 7) is 6.12. The molecule has 0 saturated heterocycles. The van der Waals surface area contributed by atoms with E-state index in [4.69, 9.17) is 4.74 Å². The third-order valence-electron chi connectivity index (χ3n) is 3.90. The van der Waals surface area contributed by atoms with Crippen molar-refractivity contribution in [3.8, 4) is 0 Å². The predicted molar refractivity (Wildman–Crippen MR) is 87.0 cm³/mol. The van der Waals surface area contributed by atoms with Gasteiger partial charge in [-0.15, -0.1) is 0 Å². The zero-order valence-corrected chi connectivity index (χ0v) is 14.3. The van der Waals surface area contributed by atoms with Crippen molar-refractivity contribution in [3.63, 3.8) is 0 Å². The molecule has 0 aliphatic heterocycles. The fourth-order valence-electron chi connectivity index (χ4n) is 2.54. The van der Waals surface area contributed by atoms with Crippen LogP contribution in [0.2, 0.25) is 0 Å². The van der Waals surface area contributed by atoms with E-state index in [1.165, 1.54) is 51.4 Å². The molecule has 0 aromatic carbocycles. The lowest BCUT2D eigenvalue weighted by molar-refractivity contribution is -0.160. The molecule has 0 spiro atoms. The minimum absolute atomic E-state index is 0.267. The molecule has 0 aromatic rings. The second kappa shape index (κ2) is 14.1.